The molecule has 0 amide bonds. The second kappa shape index (κ2) is 7.85. The predicted octanol–water partition coefficient (Wildman–Crippen LogP) is 4.32. The second-order valence-corrected chi connectivity index (χ2v) is 5.77. The van der Waals surface area contributed by atoms with Crippen LogP contribution in [0.1, 0.15) is 12.5 Å². The van der Waals surface area contributed by atoms with Gasteiger partial charge in [0.15, 0.2) is 0 Å². The number of benzene rings is 2. The molecule has 0 bridgehead atoms. The first kappa shape index (κ1) is 18.5. The molecule has 0 aromatic heterocycles. The zero-order valence-corrected chi connectivity index (χ0v) is 14.7. The highest BCUT2D eigenvalue weighted by molar-refractivity contribution is 6.30. The fraction of sp³-hybridized carbons (Fsp3) is 0.235. The molecule has 132 valence electrons. The number of aryl methyl sites for hydroxylation is 1. The Hall–Kier alpha value is -2.80. The summed E-state index contributed by atoms with van der Waals surface area (Å²) in [6, 6.07) is 8.66. The fourth-order valence-corrected chi connectivity index (χ4v) is 2.40. The van der Waals surface area contributed by atoms with Crippen molar-refractivity contribution in [3.63, 3.8) is 0 Å². The highest BCUT2D eigenvalue weighted by Gasteiger charge is 2.20. The minimum Gasteiger partial charge on any atom is -0.467 e. The Morgan fingerprint density at radius 3 is 2.60 bits per heavy atom. The van der Waals surface area contributed by atoms with Gasteiger partial charge in [0.2, 0.25) is 0 Å². The van der Waals surface area contributed by atoms with Gasteiger partial charge in [0.1, 0.15) is 23.2 Å². The van der Waals surface area contributed by atoms with Crippen LogP contribution in [0, 0.1) is 17.0 Å². The summed E-state index contributed by atoms with van der Waals surface area (Å²) >= 11 is 5.92. The van der Waals surface area contributed by atoms with Gasteiger partial charge in [-0.3, -0.25) is 10.1 Å². The van der Waals surface area contributed by atoms with E-state index in [4.69, 9.17) is 16.3 Å². The Labute approximate surface area is 149 Å². The van der Waals surface area contributed by atoms with Crippen molar-refractivity contribution in [2.75, 3.05) is 12.4 Å². The highest BCUT2D eigenvalue weighted by Crippen LogP contribution is 2.33. The van der Waals surface area contributed by atoms with E-state index in [0.717, 1.165) is 5.56 Å². The summed E-state index contributed by atoms with van der Waals surface area (Å²) in [4.78, 5) is 22.2. The van der Waals surface area contributed by atoms with Crippen LogP contribution in [0.4, 0.5) is 11.4 Å². The lowest BCUT2D eigenvalue weighted by molar-refractivity contribution is -0.384. The van der Waals surface area contributed by atoms with E-state index in [1.165, 1.54) is 25.3 Å². The van der Waals surface area contributed by atoms with E-state index in [1.807, 2.05) is 6.92 Å². The van der Waals surface area contributed by atoms with Crippen molar-refractivity contribution in [2.24, 2.45) is 0 Å². The van der Waals surface area contributed by atoms with Gasteiger partial charge >= 0.3 is 5.97 Å². The van der Waals surface area contributed by atoms with Gasteiger partial charge in [-0.25, -0.2) is 4.79 Å². The molecular formula is C17H17ClN2O5. The van der Waals surface area contributed by atoms with E-state index in [0.29, 0.717) is 16.5 Å². The van der Waals surface area contributed by atoms with Crippen LogP contribution >= 0.6 is 11.6 Å². The Kier molecular flexibility index (Phi) is 5.82. The lowest BCUT2D eigenvalue weighted by Crippen LogP contribution is -2.27. The van der Waals surface area contributed by atoms with Crippen molar-refractivity contribution in [1.29, 1.82) is 0 Å². The number of hydrogen-bond donors (Lipinski definition) is 1. The van der Waals surface area contributed by atoms with Crippen LogP contribution in [-0.4, -0.2) is 24.0 Å². The third kappa shape index (κ3) is 4.60. The second-order valence-electron chi connectivity index (χ2n) is 5.34. The number of nitrogens with zero attached hydrogens (tertiary/aromatic N) is 1. The van der Waals surface area contributed by atoms with Crippen molar-refractivity contribution >= 4 is 28.9 Å². The molecule has 0 aliphatic heterocycles. The van der Waals surface area contributed by atoms with Crippen molar-refractivity contribution in [3.8, 4) is 11.5 Å². The lowest BCUT2D eigenvalue weighted by Gasteiger charge is -2.15. The van der Waals surface area contributed by atoms with Gasteiger partial charge < -0.3 is 14.8 Å². The van der Waals surface area contributed by atoms with Crippen LogP contribution in [0.3, 0.4) is 0 Å². The number of carbonyl (C=O) groups excluding carboxylic acids is 1. The molecule has 8 heteroatoms. The Morgan fingerprint density at radius 2 is 2.00 bits per heavy atom. The standard InChI is InChI=1S/C17H17ClN2O5/c1-10-8-12(18)4-7-16(10)25-13-5-6-15(20(22)23)14(9-13)19-11(2)17(21)24-3/h4-9,11,19H,1-3H3. The summed E-state index contributed by atoms with van der Waals surface area (Å²) in [7, 11) is 1.25. The summed E-state index contributed by atoms with van der Waals surface area (Å²) < 4.78 is 10.4. The average Bonchev–Trinajstić information content (AvgIpc) is 2.56. The molecule has 7 nitrogen and oxygen atoms in total. The molecule has 2 aromatic rings. The first-order chi connectivity index (χ1) is 11.8. The van der Waals surface area contributed by atoms with Crippen LogP contribution in [0.15, 0.2) is 36.4 Å². The third-order valence-corrected chi connectivity index (χ3v) is 3.69. The van der Waals surface area contributed by atoms with E-state index in [9.17, 15) is 14.9 Å². The summed E-state index contributed by atoms with van der Waals surface area (Å²) in [6.45, 7) is 3.39. The van der Waals surface area contributed by atoms with Crippen molar-refractivity contribution in [3.05, 3.63) is 57.1 Å². The summed E-state index contributed by atoms with van der Waals surface area (Å²) in [5, 5.41) is 14.6. The zero-order valence-electron chi connectivity index (χ0n) is 13.9. The summed E-state index contributed by atoms with van der Waals surface area (Å²) in [5.74, 6) is 0.426. The van der Waals surface area contributed by atoms with E-state index in [-0.39, 0.29) is 11.4 Å². The third-order valence-electron chi connectivity index (χ3n) is 3.46. The number of halogens is 1. The number of carbonyl (C=O) groups is 1. The number of nitro groups is 1. The Bertz CT molecular complexity index is 810. The average molecular weight is 365 g/mol. The van der Waals surface area contributed by atoms with Gasteiger partial charge in [0, 0.05) is 17.2 Å². The molecule has 2 rings (SSSR count). The Balaban J connectivity index is 2.32. The number of methoxy groups -OCH3 is 1. The van der Waals surface area contributed by atoms with Crippen LogP contribution in [0.2, 0.25) is 5.02 Å². The number of esters is 1. The Morgan fingerprint density at radius 1 is 1.28 bits per heavy atom. The first-order valence-corrected chi connectivity index (χ1v) is 7.76. The van der Waals surface area contributed by atoms with Crippen LogP contribution in [-0.2, 0) is 9.53 Å². The first-order valence-electron chi connectivity index (χ1n) is 7.38. The van der Waals surface area contributed by atoms with Crippen molar-refractivity contribution in [2.45, 2.75) is 19.9 Å². The minimum atomic E-state index is -0.754. The molecule has 1 N–H and O–H groups in total. The number of hydrogen-bond acceptors (Lipinski definition) is 6. The van der Waals surface area contributed by atoms with Gasteiger partial charge in [-0.15, -0.1) is 0 Å². The molecule has 1 unspecified atom stereocenters. The normalized spacial score (nSPS) is 11.5. The summed E-state index contributed by atoms with van der Waals surface area (Å²) in [6.07, 6.45) is 0. The summed E-state index contributed by atoms with van der Waals surface area (Å²) in [5.41, 5.74) is 0.811. The lowest BCUT2D eigenvalue weighted by atomic mass is 10.2. The number of ether oxygens (including phenoxy) is 2. The molecule has 1 atom stereocenters. The topological polar surface area (TPSA) is 90.7 Å². The monoisotopic (exact) mass is 364 g/mol. The smallest absolute Gasteiger partial charge is 0.327 e. The van der Waals surface area contributed by atoms with Gasteiger partial charge in [-0.2, -0.15) is 0 Å². The van der Waals surface area contributed by atoms with E-state index < -0.39 is 16.9 Å². The maximum absolute atomic E-state index is 11.6. The molecular weight excluding hydrogens is 348 g/mol. The van der Waals surface area contributed by atoms with Crippen LogP contribution in [0.25, 0.3) is 0 Å². The molecule has 0 aliphatic carbocycles. The molecule has 0 saturated heterocycles. The maximum atomic E-state index is 11.6. The van der Waals surface area contributed by atoms with E-state index in [2.05, 4.69) is 10.1 Å². The van der Waals surface area contributed by atoms with E-state index in [1.54, 1.807) is 25.1 Å². The van der Waals surface area contributed by atoms with Gasteiger partial charge in [-0.1, -0.05) is 11.6 Å². The zero-order chi connectivity index (χ0) is 18.6. The molecule has 0 heterocycles. The molecule has 25 heavy (non-hydrogen) atoms. The molecule has 0 saturated carbocycles. The maximum Gasteiger partial charge on any atom is 0.327 e. The quantitative estimate of drug-likeness (QED) is 0.466. The van der Waals surface area contributed by atoms with Gasteiger partial charge in [-0.05, 0) is 43.7 Å². The molecule has 0 aliphatic rings. The fourth-order valence-electron chi connectivity index (χ4n) is 2.18. The molecule has 0 spiro atoms. The molecule has 2 aromatic carbocycles. The minimum absolute atomic E-state index is 0.159. The largest absolute Gasteiger partial charge is 0.467 e. The number of nitro benzene ring substituents is 1. The predicted molar refractivity (Wildman–Crippen MR) is 94.5 cm³/mol. The number of rotatable bonds is 6. The van der Waals surface area contributed by atoms with Crippen molar-refractivity contribution < 1.29 is 19.2 Å². The van der Waals surface area contributed by atoms with Crippen LogP contribution in [0.5, 0.6) is 11.5 Å². The number of nitrogens with one attached hydrogen (secondary N) is 1. The van der Waals surface area contributed by atoms with E-state index >= 15 is 0 Å². The highest BCUT2D eigenvalue weighted by atomic mass is 35.5. The number of anilines is 1. The van der Waals surface area contributed by atoms with Gasteiger partial charge in [0.05, 0.1) is 12.0 Å². The van der Waals surface area contributed by atoms with Crippen molar-refractivity contribution in [1.82, 2.24) is 0 Å². The van der Waals surface area contributed by atoms with Crippen LogP contribution < -0.4 is 10.1 Å². The van der Waals surface area contributed by atoms with Gasteiger partial charge in [0.25, 0.3) is 5.69 Å². The molecule has 0 radical (unpaired) electrons. The molecule has 0 fully saturated rings. The SMILES string of the molecule is COC(=O)C(C)Nc1cc(Oc2ccc(Cl)cc2C)ccc1[N+](=O)[O-].